The molecule has 0 radical (unpaired) electrons. The molecule has 0 aliphatic carbocycles. The summed E-state index contributed by atoms with van der Waals surface area (Å²) in [6, 6.07) is 8.79. The smallest absolute Gasteiger partial charge is 0.355 e. The SMILES string of the molecule is CN=C(NCCNS(=O)(=O)c1ccc(C)cc1)NCc1ccc(F)cc1C(F)(F)F. The Morgan fingerprint density at radius 1 is 1.03 bits per heavy atom. The second-order valence-corrected chi connectivity index (χ2v) is 8.13. The highest BCUT2D eigenvalue weighted by Gasteiger charge is 2.33. The van der Waals surface area contributed by atoms with Gasteiger partial charge in [0.25, 0.3) is 0 Å². The Labute approximate surface area is 172 Å². The number of nitrogens with zero attached hydrogens (tertiary/aromatic N) is 1. The van der Waals surface area contributed by atoms with Crippen molar-refractivity contribution in [2.45, 2.75) is 24.5 Å². The van der Waals surface area contributed by atoms with Gasteiger partial charge in [-0.15, -0.1) is 0 Å². The van der Waals surface area contributed by atoms with Crippen molar-refractivity contribution >= 4 is 16.0 Å². The molecule has 2 aromatic carbocycles. The first-order valence-electron chi connectivity index (χ1n) is 8.89. The predicted octanol–water partition coefficient (Wildman–Crippen LogP) is 2.80. The number of alkyl halides is 3. The summed E-state index contributed by atoms with van der Waals surface area (Å²) in [7, 11) is -2.26. The Morgan fingerprint density at radius 3 is 2.30 bits per heavy atom. The molecular formula is C19H22F4N4O2S. The first kappa shape index (κ1) is 23.6. The van der Waals surface area contributed by atoms with Crippen molar-refractivity contribution in [2.24, 2.45) is 4.99 Å². The first-order chi connectivity index (χ1) is 14.0. The number of halogens is 4. The molecule has 3 N–H and O–H groups in total. The molecule has 2 aromatic rings. The molecule has 0 aliphatic rings. The van der Waals surface area contributed by atoms with E-state index >= 15 is 0 Å². The number of hydrogen-bond acceptors (Lipinski definition) is 3. The van der Waals surface area contributed by atoms with Crippen LogP contribution in [0.5, 0.6) is 0 Å². The number of sulfonamides is 1. The van der Waals surface area contributed by atoms with E-state index in [1.165, 1.54) is 19.2 Å². The minimum Gasteiger partial charge on any atom is -0.355 e. The van der Waals surface area contributed by atoms with Crippen LogP contribution in [0.25, 0.3) is 0 Å². The molecule has 0 saturated carbocycles. The molecule has 0 amide bonds. The van der Waals surface area contributed by atoms with E-state index in [4.69, 9.17) is 0 Å². The van der Waals surface area contributed by atoms with E-state index in [2.05, 4.69) is 20.3 Å². The van der Waals surface area contributed by atoms with E-state index in [1.807, 2.05) is 6.92 Å². The molecule has 30 heavy (non-hydrogen) atoms. The zero-order valence-electron chi connectivity index (χ0n) is 16.3. The maximum absolute atomic E-state index is 13.2. The van der Waals surface area contributed by atoms with Crippen LogP contribution in [0.3, 0.4) is 0 Å². The topological polar surface area (TPSA) is 82.6 Å². The lowest BCUT2D eigenvalue weighted by Gasteiger charge is -2.16. The second kappa shape index (κ2) is 9.90. The second-order valence-electron chi connectivity index (χ2n) is 6.36. The van der Waals surface area contributed by atoms with Crippen molar-refractivity contribution in [1.29, 1.82) is 0 Å². The van der Waals surface area contributed by atoms with Crippen LogP contribution in [0.2, 0.25) is 0 Å². The average Bonchev–Trinajstić information content (AvgIpc) is 2.67. The van der Waals surface area contributed by atoms with Gasteiger partial charge in [0.2, 0.25) is 10.0 Å². The third-order valence-electron chi connectivity index (χ3n) is 4.09. The lowest BCUT2D eigenvalue weighted by Crippen LogP contribution is -2.41. The fraction of sp³-hybridized carbons (Fsp3) is 0.316. The van der Waals surface area contributed by atoms with Crippen molar-refractivity contribution < 1.29 is 26.0 Å². The summed E-state index contributed by atoms with van der Waals surface area (Å²) in [5, 5.41) is 5.49. The van der Waals surface area contributed by atoms with Gasteiger partial charge in [0.15, 0.2) is 5.96 Å². The van der Waals surface area contributed by atoms with Gasteiger partial charge in [-0.3, -0.25) is 4.99 Å². The monoisotopic (exact) mass is 446 g/mol. The maximum Gasteiger partial charge on any atom is 0.416 e. The summed E-state index contributed by atoms with van der Waals surface area (Å²) < 4.78 is 79.2. The fourth-order valence-electron chi connectivity index (χ4n) is 2.53. The Hall–Kier alpha value is -2.66. The quantitative estimate of drug-likeness (QED) is 0.264. The van der Waals surface area contributed by atoms with Gasteiger partial charge < -0.3 is 10.6 Å². The highest BCUT2D eigenvalue weighted by Crippen LogP contribution is 2.32. The number of benzene rings is 2. The van der Waals surface area contributed by atoms with E-state index < -0.39 is 27.6 Å². The standard InChI is InChI=1S/C19H22F4N4O2S/c1-13-3-7-16(8-4-13)30(28,29)27-10-9-25-18(24-2)26-12-14-5-6-15(20)11-17(14)19(21,22)23/h3-8,11,27H,9-10,12H2,1-2H3,(H2,24,25,26). The van der Waals surface area contributed by atoms with Gasteiger partial charge in [0.05, 0.1) is 10.5 Å². The number of nitrogens with one attached hydrogen (secondary N) is 3. The van der Waals surface area contributed by atoms with E-state index in [1.54, 1.807) is 12.1 Å². The van der Waals surface area contributed by atoms with Crippen molar-refractivity contribution in [3.05, 3.63) is 65.0 Å². The molecule has 0 unspecified atom stereocenters. The minimum atomic E-state index is -4.69. The number of aryl methyl sites for hydroxylation is 1. The van der Waals surface area contributed by atoms with Crippen LogP contribution in [0.1, 0.15) is 16.7 Å². The molecule has 0 heterocycles. The predicted molar refractivity (Wildman–Crippen MR) is 106 cm³/mol. The summed E-state index contributed by atoms with van der Waals surface area (Å²) in [5.41, 5.74) is -0.288. The average molecular weight is 446 g/mol. The molecule has 6 nitrogen and oxygen atoms in total. The van der Waals surface area contributed by atoms with Crippen molar-refractivity contribution in [2.75, 3.05) is 20.1 Å². The first-order valence-corrected chi connectivity index (χ1v) is 10.4. The maximum atomic E-state index is 13.2. The van der Waals surface area contributed by atoms with Gasteiger partial charge in [0.1, 0.15) is 5.82 Å². The van der Waals surface area contributed by atoms with Crippen molar-refractivity contribution in [3.8, 4) is 0 Å². The highest BCUT2D eigenvalue weighted by molar-refractivity contribution is 7.89. The fourth-order valence-corrected chi connectivity index (χ4v) is 3.57. The van der Waals surface area contributed by atoms with Crippen LogP contribution >= 0.6 is 0 Å². The molecule has 0 aromatic heterocycles. The molecule has 0 fully saturated rings. The third kappa shape index (κ3) is 6.70. The molecule has 0 bridgehead atoms. The lowest BCUT2D eigenvalue weighted by molar-refractivity contribution is -0.138. The Bertz CT molecular complexity index is 991. The summed E-state index contributed by atoms with van der Waals surface area (Å²) in [5.74, 6) is -0.809. The Kier molecular flexibility index (Phi) is 7.79. The molecule has 2 rings (SSSR count). The number of rotatable bonds is 7. The number of aliphatic imine (C=N–C) groups is 1. The van der Waals surface area contributed by atoms with Crippen molar-refractivity contribution in [3.63, 3.8) is 0 Å². The summed E-state index contributed by atoms with van der Waals surface area (Å²) >= 11 is 0. The summed E-state index contributed by atoms with van der Waals surface area (Å²) in [6.45, 7) is 1.77. The van der Waals surface area contributed by atoms with Crippen LogP contribution in [-0.2, 0) is 22.7 Å². The highest BCUT2D eigenvalue weighted by atomic mass is 32.2. The Balaban J connectivity index is 1.88. The van der Waals surface area contributed by atoms with Gasteiger partial charge in [-0.25, -0.2) is 17.5 Å². The molecule has 0 spiro atoms. The van der Waals surface area contributed by atoms with Crippen LogP contribution in [0.4, 0.5) is 17.6 Å². The van der Waals surface area contributed by atoms with Crippen LogP contribution in [0.15, 0.2) is 52.4 Å². The summed E-state index contributed by atoms with van der Waals surface area (Å²) in [4.78, 5) is 4.01. The minimum absolute atomic E-state index is 0.0290. The normalized spacial score (nSPS) is 12.7. The van der Waals surface area contributed by atoms with Crippen LogP contribution < -0.4 is 15.4 Å². The van der Waals surface area contributed by atoms with E-state index in [0.29, 0.717) is 6.07 Å². The van der Waals surface area contributed by atoms with Gasteiger partial charge in [0, 0.05) is 26.7 Å². The van der Waals surface area contributed by atoms with E-state index in [9.17, 15) is 26.0 Å². The molecular weight excluding hydrogens is 424 g/mol. The van der Waals surface area contributed by atoms with E-state index in [0.717, 1.165) is 17.7 Å². The van der Waals surface area contributed by atoms with Crippen LogP contribution in [0, 0.1) is 12.7 Å². The van der Waals surface area contributed by atoms with Gasteiger partial charge in [-0.1, -0.05) is 23.8 Å². The molecule has 0 saturated heterocycles. The van der Waals surface area contributed by atoms with Gasteiger partial charge in [-0.05, 0) is 36.8 Å². The van der Waals surface area contributed by atoms with E-state index in [-0.39, 0.29) is 36.1 Å². The van der Waals surface area contributed by atoms with Crippen LogP contribution in [-0.4, -0.2) is 34.5 Å². The third-order valence-corrected chi connectivity index (χ3v) is 5.56. The Morgan fingerprint density at radius 2 is 1.70 bits per heavy atom. The number of hydrogen-bond donors (Lipinski definition) is 3. The number of guanidine groups is 1. The molecule has 11 heteroatoms. The molecule has 0 aliphatic heterocycles. The lowest BCUT2D eigenvalue weighted by atomic mass is 10.1. The summed E-state index contributed by atoms with van der Waals surface area (Å²) in [6.07, 6.45) is -4.69. The van der Waals surface area contributed by atoms with Crippen molar-refractivity contribution in [1.82, 2.24) is 15.4 Å². The zero-order valence-corrected chi connectivity index (χ0v) is 17.2. The molecule has 164 valence electrons. The zero-order chi connectivity index (χ0) is 22.4. The largest absolute Gasteiger partial charge is 0.416 e. The van der Waals surface area contributed by atoms with Gasteiger partial charge >= 0.3 is 6.18 Å². The van der Waals surface area contributed by atoms with Gasteiger partial charge in [-0.2, -0.15) is 13.2 Å². The molecule has 0 atom stereocenters.